The zero-order valence-corrected chi connectivity index (χ0v) is 29.0. The van der Waals surface area contributed by atoms with Gasteiger partial charge in [0.15, 0.2) is 0 Å². The fourth-order valence-electron chi connectivity index (χ4n) is 6.30. The number of sulfonamides is 1. The number of aromatic hydroxyl groups is 1. The number of phenols is 1. The smallest absolute Gasteiger partial charge is 0.337 e. The zero-order valence-electron chi connectivity index (χ0n) is 27.5. The molecule has 6 aromatic rings. The fraction of sp³-hybridized carbons (Fsp3) is 0.175. The summed E-state index contributed by atoms with van der Waals surface area (Å²) in [5, 5.41) is 11.7. The number of hydrogen-bond acceptors (Lipinski definition) is 6. The molecule has 0 amide bonds. The van der Waals surface area contributed by atoms with Gasteiger partial charge in [0, 0.05) is 46.6 Å². The van der Waals surface area contributed by atoms with E-state index in [9.17, 15) is 18.3 Å². The van der Waals surface area contributed by atoms with Crippen LogP contribution in [0.3, 0.4) is 0 Å². The van der Waals surface area contributed by atoms with Crippen LogP contribution in [0.2, 0.25) is 5.02 Å². The molecule has 6 rings (SSSR count). The number of rotatable bonds is 14. The first-order valence-electron chi connectivity index (χ1n) is 16.2. The molecule has 2 N–H and O–H groups in total. The number of benzene rings is 5. The molecule has 0 aliphatic carbocycles. The van der Waals surface area contributed by atoms with Crippen molar-refractivity contribution in [3.63, 3.8) is 0 Å². The van der Waals surface area contributed by atoms with Crippen LogP contribution < -0.4 is 9.46 Å². The van der Waals surface area contributed by atoms with Crippen LogP contribution in [0.5, 0.6) is 11.5 Å². The van der Waals surface area contributed by atoms with E-state index in [1.54, 1.807) is 42.5 Å². The number of esters is 1. The minimum absolute atomic E-state index is 0.0642. The molecule has 0 saturated heterocycles. The number of phenolic OH excluding ortho intramolecular Hbond substituents is 1. The van der Waals surface area contributed by atoms with E-state index in [1.807, 2.05) is 54.6 Å². The highest BCUT2D eigenvalue weighted by molar-refractivity contribution is 7.88. The zero-order chi connectivity index (χ0) is 35.1. The lowest BCUT2D eigenvalue weighted by Gasteiger charge is -2.25. The minimum Gasteiger partial charge on any atom is -0.508 e. The Labute approximate surface area is 296 Å². The standard InChI is InChI=1S/C40H37ClN2O6S/c1-48-40(45)30-16-19-33(20-17-30)49-25-23-34-35-26-32(41)18-21-36(35)43(39(28-10-4-2-5-11-28)29-12-6-3-7-13-29)37(34)22-24-42-50(46,47)27-31-14-8-9-15-38(31)44/h2-21,26,39,42,44H,22-25,27H2,1H3. The summed E-state index contributed by atoms with van der Waals surface area (Å²) in [5.74, 6) is -0.229. The SMILES string of the molecule is COC(=O)c1ccc(OCCc2c(CCNS(=O)(=O)Cc3ccccc3O)n(C(c3ccccc3)c3ccccc3)c3ccc(Cl)cc23)cc1. The molecule has 50 heavy (non-hydrogen) atoms. The Bertz CT molecular complexity index is 2150. The van der Waals surface area contributed by atoms with Crippen LogP contribution >= 0.6 is 11.6 Å². The first-order valence-corrected chi connectivity index (χ1v) is 18.2. The van der Waals surface area contributed by atoms with Gasteiger partial charge in [0.25, 0.3) is 0 Å². The topological polar surface area (TPSA) is 107 Å². The number of nitrogens with one attached hydrogen (secondary N) is 1. The molecule has 0 atom stereocenters. The second kappa shape index (κ2) is 15.6. The van der Waals surface area contributed by atoms with Gasteiger partial charge in [-0.25, -0.2) is 17.9 Å². The number of aromatic nitrogens is 1. The van der Waals surface area contributed by atoms with Crippen LogP contribution in [-0.4, -0.2) is 44.3 Å². The second-order valence-corrected chi connectivity index (χ2v) is 14.1. The van der Waals surface area contributed by atoms with Gasteiger partial charge in [0.2, 0.25) is 10.0 Å². The summed E-state index contributed by atoms with van der Waals surface area (Å²) < 4.78 is 42.5. The van der Waals surface area contributed by atoms with Crippen LogP contribution in [0.1, 0.15) is 44.3 Å². The van der Waals surface area contributed by atoms with Crippen molar-refractivity contribution in [2.75, 3.05) is 20.3 Å². The van der Waals surface area contributed by atoms with Gasteiger partial charge in [-0.05, 0) is 65.2 Å². The van der Waals surface area contributed by atoms with Gasteiger partial charge in [-0.2, -0.15) is 0 Å². The van der Waals surface area contributed by atoms with Gasteiger partial charge in [0.05, 0.1) is 31.1 Å². The molecule has 8 nitrogen and oxygen atoms in total. The highest BCUT2D eigenvalue weighted by Gasteiger charge is 2.26. The number of ether oxygens (including phenoxy) is 2. The van der Waals surface area contributed by atoms with Crippen molar-refractivity contribution in [1.82, 2.24) is 9.29 Å². The van der Waals surface area contributed by atoms with Crippen LogP contribution in [0.4, 0.5) is 0 Å². The van der Waals surface area contributed by atoms with Crippen molar-refractivity contribution in [3.8, 4) is 11.5 Å². The summed E-state index contributed by atoms with van der Waals surface area (Å²) >= 11 is 6.61. The molecule has 0 unspecified atom stereocenters. The van der Waals surface area contributed by atoms with Crippen LogP contribution in [-0.2, 0) is 33.4 Å². The molecule has 0 fully saturated rings. The van der Waals surface area contributed by atoms with Gasteiger partial charge in [0.1, 0.15) is 11.5 Å². The number of carbonyl (C=O) groups excluding carboxylic acids is 1. The molecule has 5 aromatic carbocycles. The van der Waals surface area contributed by atoms with Crippen molar-refractivity contribution in [2.24, 2.45) is 0 Å². The van der Waals surface area contributed by atoms with E-state index < -0.39 is 16.0 Å². The number of hydrogen-bond donors (Lipinski definition) is 2. The predicted octanol–water partition coefficient (Wildman–Crippen LogP) is 7.71. The monoisotopic (exact) mass is 708 g/mol. The number of fused-ring (bicyclic) bond motifs is 1. The lowest BCUT2D eigenvalue weighted by molar-refractivity contribution is 0.0600. The molecule has 10 heteroatoms. The Morgan fingerprint density at radius 2 is 1.48 bits per heavy atom. The summed E-state index contributed by atoms with van der Waals surface area (Å²) in [6.45, 7) is 0.440. The number of carbonyl (C=O) groups is 1. The lowest BCUT2D eigenvalue weighted by atomic mass is 9.97. The third kappa shape index (κ3) is 8.03. The molecule has 1 heterocycles. The maximum atomic E-state index is 13.2. The molecule has 0 spiro atoms. The Balaban J connectivity index is 1.39. The van der Waals surface area contributed by atoms with Crippen molar-refractivity contribution in [1.29, 1.82) is 0 Å². The Hall–Kier alpha value is -5.09. The van der Waals surface area contributed by atoms with Crippen molar-refractivity contribution >= 4 is 38.5 Å². The third-order valence-electron chi connectivity index (χ3n) is 8.59. The summed E-state index contributed by atoms with van der Waals surface area (Å²) in [4.78, 5) is 11.9. The maximum absolute atomic E-state index is 13.2. The van der Waals surface area contributed by atoms with E-state index >= 15 is 0 Å². The lowest BCUT2D eigenvalue weighted by Crippen LogP contribution is -2.28. The first-order chi connectivity index (χ1) is 24.2. The van der Waals surface area contributed by atoms with E-state index in [1.165, 1.54) is 13.2 Å². The van der Waals surface area contributed by atoms with Crippen molar-refractivity contribution in [2.45, 2.75) is 24.6 Å². The van der Waals surface area contributed by atoms with Gasteiger partial charge in [-0.15, -0.1) is 0 Å². The maximum Gasteiger partial charge on any atom is 0.337 e. The molecule has 256 valence electrons. The summed E-state index contributed by atoms with van der Waals surface area (Å²) in [7, 11) is -2.44. The molecular formula is C40H37ClN2O6S. The molecule has 1 aromatic heterocycles. The van der Waals surface area contributed by atoms with Crippen LogP contribution in [0.15, 0.2) is 127 Å². The average molecular weight is 709 g/mol. The highest BCUT2D eigenvalue weighted by atomic mass is 35.5. The molecule has 0 aliphatic rings. The van der Waals surface area contributed by atoms with E-state index in [-0.39, 0.29) is 24.1 Å². The number of halogens is 1. The Morgan fingerprint density at radius 3 is 2.12 bits per heavy atom. The van der Waals surface area contributed by atoms with E-state index in [0.29, 0.717) is 41.3 Å². The van der Waals surface area contributed by atoms with E-state index in [2.05, 4.69) is 33.6 Å². The largest absolute Gasteiger partial charge is 0.508 e. The molecule has 0 radical (unpaired) electrons. The molecule has 0 saturated carbocycles. The van der Waals surface area contributed by atoms with E-state index in [0.717, 1.165) is 33.3 Å². The van der Waals surface area contributed by atoms with Crippen LogP contribution in [0, 0.1) is 0 Å². The van der Waals surface area contributed by atoms with Crippen molar-refractivity contribution in [3.05, 3.63) is 166 Å². The third-order valence-corrected chi connectivity index (χ3v) is 10.2. The minimum atomic E-state index is -3.78. The Kier molecular flexibility index (Phi) is 10.9. The average Bonchev–Trinajstić information content (AvgIpc) is 3.41. The van der Waals surface area contributed by atoms with Gasteiger partial charge < -0.3 is 19.1 Å². The number of para-hydroxylation sites is 1. The quantitative estimate of drug-likeness (QED) is 0.112. The fourth-order valence-corrected chi connectivity index (χ4v) is 7.64. The van der Waals surface area contributed by atoms with E-state index in [4.69, 9.17) is 21.1 Å². The second-order valence-electron chi connectivity index (χ2n) is 11.8. The number of methoxy groups -OCH3 is 1. The summed E-state index contributed by atoms with van der Waals surface area (Å²) in [5.41, 5.74) is 5.78. The molecule has 0 aliphatic heterocycles. The number of nitrogens with zero attached hydrogens (tertiary/aromatic N) is 1. The highest BCUT2D eigenvalue weighted by Crippen LogP contribution is 2.38. The van der Waals surface area contributed by atoms with Crippen molar-refractivity contribution < 1.29 is 27.8 Å². The van der Waals surface area contributed by atoms with Gasteiger partial charge >= 0.3 is 5.97 Å². The summed E-state index contributed by atoms with van der Waals surface area (Å²) in [6.07, 6.45) is 0.866. The van der Waals surface area contributed by atoms with Gasteiger partial charge in [-0.3, -0.25) is 0 Å². The molecule has 0 bridgehead atoms. The van der Waals surface area contributed by atoms with Crippen LogP contribution in [0.25, 0.3) is 10.9 Å². The van der Waals surface area contributed by atoms with Gasteiger partial charge in [-0.1, -0.05) is 90.5 Å². The summed E-state index contributed by atoms with van der Waals surface area (Å²) in [6, 6.07) is 39.2. The first kappa shape index (κ1) is 34.8. The predicted molar refractivity (Wildman–Crippen MR) is 196 cm³/mol. The normalized spacial score (nSPS) is 11.6. The molecular weight excluding hydrogens is 672 g/mol. The Morgan fingerprint density at radius 1 is 0.840 bits per heavy atom.